The molecule has 2 heterocycles. The molecule has 1 saturated heterocycles. The van der Waals surface area contributed by atoms with Gasteiger partial charge >= 0.3 is 0 Å². The predicted molar refractivity (Wildman–Crippen MR) is 121 cm³/mol. The van der Waals surface area contributed by atoms with Gasteiger partial charge in [-0.3, -0.25) is 9.59 Å². The molecule has 1 fully saturated rings. The molecule has 158 valence electrons. The lowest BCUT2D eigenvalue weighted by Crippen LogP contribution is -2.35. The molecule has 0 saturated carbocycles. The molecule has 0 aliphatic carbocycles. The third kappa shape index (κ3) is 5.48. The first-order chi connectivity index (χ1) is 15.2. The molecule has 2 aromatic carbocycles. The molecule has 1 N–H and O–H groups in total. The van der Waals surface area contributed by atoms with Crippen LogP contribution in [0.3, 0.4) is 0 Å². The Hall–Kier alpha value is -3.67. The van der Waals surface area contributed by atoms with Crippen molar-refractivity contribution in [2.24, 2.45) is 0 Å². The fourth-order valence-electron chi connectivity index (χ4n) is 3.66. The fourth-order valence-corrected chi connectivity index (χ4v) is 3.66. The average molecular weight is 415 g/mol. The van der Waals surface area contributed by atoms with E-state index in [9.17, 15) is 9.59 Å². The van der Waals surface area contributed by atoms with Crippen LogP contribution in [0.15, 0.2) is 73.1 Å². The van der Waals surface area contributed by atoms with Crippen molar-refractivity contribution in [2.45, 2.75) is 25.8 Å². The van der Waals surface area contributed by atoms with Crippen LogP contribution in [0.25, 0.3) is 11.8 Å². The van der Waals surface area contributed by atoms with Crippen LogP contribution in [-0.4, -0.2) is 39.6 Å². The second-order valence-electron chi connectivity index (χ2n) is 7.66. The highest BCUT2D eigenvalue weighted by Gasteiger charge is 2.18. The number of nitrogens with one attached hydrogen (secondary N) is 1. The van der Waals surface area contributed by atoms with E-state index in [2.05, 4.69) is 10.4 Å². The third-order valence-electron chi connectivity index (χ3n) is 5.33. The summed E-state index contributed by atoms with van der Waals surface area (Å²) in [6.45, 7) is 2.02. The Morgan fingerprint density at radius 3 is 2.61 bits per heavy atom. The highest BCUT2D eigenvalue weighted by atomic mass is 16.2. The smallest absolute Gasteiger partial charge is 0.253 e. The molecule has 4 rings (SSSR count). The Balaban J connectivity index is 1.32. The largest absolute Gasteiger partial charge is 0.348 e. The first-order valence-corrected chi connectivity index (χ1v) is 10.6. The predicted octanol–water partition coefficient (Wildman–Crippen LogP) is 3.83. The lowest BCUT2D eigenvalue weighted by Gasteiger charge is -2.26. The maximum absolute atomic E-state index is 12.7. The molecule has 6 nitrogen and oxygen atoms in total. The summed E-state index contributed by atoms with van der Waals surface area (Å²) in [5.41, 5.74) is 3.39. The van der Waals surface area contributed by atoms with Crippen LogP contribution in [0.2, 0.25) is 0 Å². The molecular weight excluding hydrogens is 388 g/mol. The van der Waals surface area contributed by atoms with Crippen LogP contribution in [0.1, 0.15) is 40.7 Å². The van der Waals surface area contributed by atoms with Gasteiger partial charge in [0.15, 0.2) is 0 Å². The summed E-state index contributed by atoms with van der Waals surface area (Å²) in [4.78, 5) is 26.8. The molecule has 3 aromatic rings. The van der Waals surface area contributed by atoms with E-state index in [0.717, 1.165) is 42.7 Å². The number of benzene rings is 2. The van der Waals surface area contributed by atoms with Crippen molar-refractivity contribution in [1.29, 1.82) is 0 Å². The average Bonchev–Trinajstić information content (AvgIpc) is 3.31. The summed E-state index contributed by atoms with van der Waals surface area (Å²) >= 11 is 0. The molecule has 1 aromatic heterocycles. The molecule has 0 radical (unpaired) electrons. The number of carbonyl (C=O) groups excluding carboxylic acids is 2. The van der Waals surface area contributed by atoms with Crippen molar-refractivity contribution in [1.82, 2.24) is 20.0 Å². The van der Waals surface area contributed by atoms with Crippen LogP contribution >= 0.6 is 0 Å². The molecule has 2 amide bonds. The Morgan fingerprint density at radius 2 is 1.81 bits per heavy atom. The second kappa shape index (κ2) is 9.89. The van der Waals surface area contributed by atoms with Gasteiger partial charge < -0.3 is 10.2 Å². The maximum atomic E-state index is 12.7. The van der Waals surface area contributed by atoms with Crippen LogP contribution < -0.4 is 5.32 Å². The van der Waals surface area contributed by atoms with E-state index in [-0.39, 0.29) is 11.8 Å². The van der Waals surface area contributed by atoms with Gasteiger partial charge in [0.25, 0.3) is 5.91 Å². The summed E-state index contributed by atoms with van der Waals surface area (Å²) in [5.74, 6) is -0.122. The topological polar surface area (TPSA) is 67.2 Å². The second-order valence-corrected chi connectivity index (χ2v) is 7.66. The minimum Gasteiger partial charge on any atom is -0.348 e. The van der Waals surface area contributed by atoms with Gasteiger partial charge in [-0.15, -0.1) is 0 Å². The van der Waals surface area contributed by atoms with Crippen LogP contribution in [0, 0.1) is 0 Å². The normalized spacial score (nSPS) is 14.0. The number of likely N-dealkylation sites (tertiary alicyclic amines) is 1. The van der Waals surface area contributed by atoms with Gasteiger partial charge in [0.1, 0.15) is 0 Å². The SMILES string of the molecule is O=C(C=Cc1cnn(-c2ccccc2)c1)NCc1cccc(C(=O)N2CCCCC2)c1. The number of aromatic nitrogens is 2. The van der Waals surface area contributed by atoms with Gasteiger partial charge in [0.05, 0.1) is 11.9 Å². The molecule has 0 bridgehead atoms. The number of hydrogen-bond acceptors (Lipinski definition) is 3. The zero-order valence-corrected chi connectivity index (χ0v) is 17.4. The number of piperidine rings is 1. The minimum atomic E-state index is -0.194. The number of hydrogen-bond donors (Lipinski definition) is 1. The summed E-state index contributed by atoms with van der Waals surface area (Å²) < 4.78 is 1.77. The first kappa shape index (κ1) is 20.6. The molecule has 0 atom stereocenters. The number of amides is 2. The highest BCUT2D eigenvalue weighted by molar-refractivity contribution is 5.94. The standard InChI is InChI=1S/C25H26N4O2/c30-24(13-12-21-18-27-29(19-21)23-10-3-1-4-11-23)26-17-20-8-7-9-22(16-20)25(31)28-14-5-2-6-15-28/h1,3-4,7-13,16,18-19H,2,5-6,14-15,17H2,(H,26,30). The lowest BCUT2D eigenvalue weighted by atomic mass is 10.1. The lowest BCUT2D eigenvalue weighted by molar-refractivity contribution is -0.116. The van der Waals surface area contributed by atoms with Gasteiger partial charge in [-0.1, -0.05) is 30.3 Å². The minimum absolute atomic E-state index is 0.0724. The van der Waals surface area contributed by atoms with Crippen molar-refractivity contribution in [3.63, 3.8) is 0 Å². The Bertz CT molecular complexity index is 1070. The van der Waals surface area contributed by atoms with E-state index in [1.165, 1.54) is 12.5 Å². The Kier molecular flexibility index (Phi) is 6.57. The van der Waals surface area contributed by atoms with Gasteiger partial charge in [-0.05, 0) is 55.2 Å². The van der Waals surface area contributed by atoms with E-state index in [1.54, 1.807) is 17.0 Å². The van der Waals surface area contributed by atoms with Crippen molar-refractivity contribution < 1.29 is 9.59 Å². The quantitative estimate of drug-likeness (QED) is 0.624. The molecule has 0 unspecified atom stereocenters. The molecule has 1 aliphatic rings. The zero-order valence-electron chi connectivity index (χ0n) is 17.4. The van der Waals surface area contributed by atoms with Crippen molar-refractivity contribution in [2.75, 3.05) is 13.1 Å². The summed E-state index contributed by atoms with van der Waals surface area (Å²) in [6.07, 6.45) is 10.1. The van der Waals surface area contributed by atoms with Gasteiger partial charge in [0, 0.05) is 43.0 Å². The van der Waals surface area contributed by atoms with Gasteiger partial charge in [0.2, 0.25) is 5.91 Å². The number of rotatable bonds is 6. The molecule has 31 heavy (non-hydrogen) atoms. The summed E-state index contributed by atoms with van der Waals surface area (Å²) in [5, 5.41) is 7.20. The molecule has 6 heteroatoms. The van der Waals surface area contributed by atoms with E-state index in [4.69, 9.17) is 0 Å². The van der Waals surface area contributed by atoms with E-state index < -0.39 is 0 Å². The van der Waals surface area contributed by atoms with Crippen molar-refractivity contribution in [3.8, 4) is 5.69 Å². The molecular formula is C25H26N4O2. The first-order valence-electron chi connectivity index (χ1n) is 10.6. The van der Waals surface area contributed by atoms with Crippen molar-refractivity contribution >= 4 is 17.9 Å². The number of nitrogens with zero attached hydrogens (tertiary/aromatic N) is 3. The fraction of sp³-hybridized carbons (Fsp3) is 0.240. The van der Waals surface area contributed by atoms with Crippen LogP contribution in [0.4, 0.5) is 0 Å². The van der Waals surface area contributed by atoms with Crippen LogP contribution in [-0.2, 0) is 11.3 Å². The van der Waals surface area contributed by atoms with Crippen LogP contribution in [0.5, 0.6) is 0 Å². The van der Waals surface area contributed by atoms with Gasteiger partial charge in [-0.2, -0.15) is 5.10 Å². The summed E-state index contributed by atoms with van der Waals surface area (Å²) in [7, 11) is 0. The number of para-hydroxylation sites is 1. The molecule has 0 spiro atoms. The monoisotopic (exact) mass is 414 g/mol. The summed E-state index contributed by atoms with van der Waals surface area (Å²) in [6, 6.07) is 17.3. The Morgan fingerprint density at radius 1 is 1.00 bits per heavy atom. The van der Waals surface area contributed by atoms with Crippen molar-refractivity contribution in [3.05, 3.63) is 89.8 Å². The van der Waals surface area contributed by atoms with Gasteiger partial charge in [-0.25, -0.2) is 4.68 Å². The van der Waals surface area contributed by atoms with E-state index in [0.29, 0.717) is 12.1 Å². The number of carbonyl (C=O) groups is 2. The van der Waals surface area contributed by atoms with E-state index in [1.807, 2.05) is 65.7 Å². The Labute approximate surface area is 182 Å². The zero-order chi connectivity index (χ0) is 21.5. The molecule has 1 aliphatic heterocycles. The third-order valence-corrected chi connectivity index (χ3v) is 5.33. The maximum Gasteiger partial charge on any atom is 0.253 e. The van der Waals surface area contributed by atoms with E-state index >= 15 is 0 Å². The highest BCUT2D eigenvalue weighted by Crippen LogP contribution is 2.14.